The van der Waals surface area contributed by atoms with Crippen LogP contribution in [0.4, 0.5) is 0 Å². The van der Waals surface area contributed by atoms with Crippen LogP contribution in [0.15, 0.2) is 0 Å². The fraction of sp³-hybridized carbons (Fsp3) is 1.00. The third-order valence-electron chi connectivity index (χ3n) is 4.14. The van der Waals surface area contributed by atoms with Crippen molar-refractivity contribution in [2.24, 2.45) is 17.8 Å². The van der Waals surface area contributed by atoms with Gasteiger partial charge in [-0.25, -0.2) is 0 Å². The van der Waals surface area contributed by atoms with E-state index in [0.29, 0.717) is 6.04 Å². The fourth-order valence-electron chi connectivity index (χ4n) is 2.95. The number of rotatable bonds is 5. The zero-order valence-corrected chi connectivity index (χ0v) is 11.1. The zero-order valence-electron chi connectivity index (χ0n) is 11.1. The van der Waals surface area contributed by atoms with Crippen LogP contribution in [0, 0.1) is 17.8 Å². The molecule has 0 spiro atoms. The minimum Gasteiger partial charge on any atom is -0.314 e. The van der Waals surface area contributed by atoms with Crippen LogP contribution in [0.25, 0.3) is 0 Å². The van der Waals surface area contributed by atoms with Gasteiger partial charge < -0.3 is 5.32 Å². The summed E-state index contributed by atoms with van der Waals surface area (Å²) in [5, 5.41) is 3.61. The number of hydrogen-bond donors (Lipinski definition) is 1. The summed E-state index contributed by atoms with van der Waals surface area (Å²) >= 11 is 0. The maximum atomic E-state index is 3.61. The Morgan fingerprint density at radius 3 is 2.33 bits per heavy atom. The molecule has 0 heterocycles. The van der Waals surface area contributed by atoms with Crippen molar-refractivity contribution in [2.45, 2.75) is 65.8 Å². The Labute approximate surface area is 96.0 Å². The van der Waals surface area contributed by atoms with E-state index in [2.05, 4.69) is 33.0 Å². The van der Waals surface area contributed by atoms with Gasteiger partial charge in [0.1, 0.15) is 0 Å². The van der Waals surface area contributed by atoms with Crippen LogP contribution in [0.3, 0.4) is 0 Å². The van der Waals surface area contributed by atoms with Gasteiger partial charge in [0.2, 0.25) is 0 Å². The molecule has 3 unspecified atom stereocenters. The minimum absolute atomic E-state index is 0.645. The molecular weight excluding hydrogens is 182 g/mol. The maximum Gasteiger partial charge on any atom is 0.00104 e. The monoisotopic (exact) mass is 211 g/mol. The second-order valence-electron chi connectivity index (χ2n) is 5.58. The van der Waals surface area contributed by atoms with Gasteiger partial charge in [-0.3, -0.25) is 0 Å². The van der Waals surface area contributed by atoms with E-state index < -0.39 is 0 Å². The minimum atomic E-state index is 0.645. The Kier molecular flexibility index (Phi) is 5.66. The van der Waals surface area contributed by atoms with Gasteiger partial charge in [-0.2, -0.15) is 0 Å². The summed E-state index contributed by atoms with van der Waals surface area (Å²) in [6.45, 7) is 10.5. The third-order valence-corrected chi connectivity index (χ3v) is 4.14. The summed E-state index contributed by atoms with van der Waals surface area (Å²) in [7, 11) is 0. The highest BCUT2D eigenvalue weighted by Crippen LogP contribution is 2.36. The van der Waals surface area contributed by atoms with Crippen LogP contribution < -0.4 is 5.32 Å². The molecule has 1 nitrogen and oxygen atoms in total. The standard InChI is InChI=1S/C14H29N/c1-5-12-7-8-14(10-15-11(3)4)13(6-2)9-12/h11-15H,5-10H2,1-4H3. The van der Waals surface area contributed by atoms with Gasteiger partial charge in [0.15, 0.2) is 0 Å². The predicted octanol–water partition coefficient (Wildman–Crippen LogP) is 3.84. The Bertz CT molecular complexity index is 165. The molecule has 0 saturated heterocycles. The van der Waals surface area contributed by atoms with E-state index in [0.717, 1.165) is 17.8 Å². The third kappa shape index (κ3) is 4.14. The highest BCUT2D eigenvalue weighted by Gasteiger charge is 2.28. The van der Waals surface area contributed by atoms with E-state index in [-0.39, 0.29) is 0 Å². The summed E-state index contributed by atoms with van der Waals surface area (Å²) in [5.41, 5.74) is 0. The molecule has 0 bridgehead atoms. The van der Waals surface area contributed by atoms with Crippen LogP contribution in [-0.4, -0.2) is 12.6 Å². The van der Waals surface area contributed by atoms with Crippen molar-refractivity contribution in [1.29, 1.82) is 0 Å². The van der Waals surface area contributed by atoms with Crippen molar-refractivity contribution >= 4 is 0 Å². The second-order valence-corrected chi connectivity index (χ2v) is 5.58. The van der Waals surface area contributed by atoms with Gasteiger partial charge in [0.05, 0.1) is 0 Å². The Balaban J connectivity index is 2.36. The SMILES string of the molecule is CCC1CCC(CNC(C)C)C(CC)C1. The van der Waals surface area contributed by atoms with Crippen molar-refractivity contribution < 1.29 is 0 Å². The molecule has 1 N–H and O–H groups in total. The lowest BCUT2D eigenvalue weighted by molar-refractivity contribution is 0.165. The Morgan fingerprint density at radius 2 is 1.80 bits per heavy atom. The highest BCUT2D eigenvalue weighted by molar-refractivity contribution is 4.80. The van der Waals surface area contributed by atoms with Gasteiger partial charge in [-0.1, -0.05) is 47.0 Å². The van der Waals surface area contributed by atoms with Gasteiger partial charge >= 0.3 is 0 Å². The van der Waals surface area contributed by atoms with Crippen LogP contribution in [0.1, 0.15) is 59.8 Å². The van der Waals surface area contributed by atoms with Crippen molar-refractivity contribution in [2.75, 3.05) is 6.54 Å². The molecule has 0 radical (unpaired) electrons. The van der Waals surface area contributed by atoms with E-state index in [4.69, 9.17) is 0 Å². The number of nitrogens with one attached hydrogen (secondary N) is 1. The van der Waals surface area contributed by atoms with Crippen molar-refractivity contribution in [3.05, 3.63) is 0 Å². The Hall–Kier alpha value is -0.0400. The van der Waals surface area contributed by atoms with Crippen molar-refractivity contribution in [3.63, 3.8) is 0 Å². The fourth-order valence-corrected chi connectivity index (χ4v) is 2.95. The average molecular weight is 211 g/mol. The van der Waals surface area contributed by atoms with Gasteiger partial charge in [0, 0.05) is 6.04 Å². The molecule has 1 heteroatoms. The predicted molar refractivity (Wildman–Crippen MR) is 68.0 cm³/mol. The topological polar surface area (TPSA) is 12.0 Å². The largest absolute Gasteiger partial charge is 0.314 e. The summed E-state index contributed by atoms with van der Waals surface area (Å²) in [5.74, 6) is 2.94. The zero-order chi connectivity index (χ0) is 11.3. The highest BCUT2D eigenvalue weighted by atomic mass is 14.9. The summed E-state index contributed by atoms with van der Waals surface area (Å²) in [4.78, 5) is 0. The Morgan fingerprint density at radius 1 is 1.07 bits per heavy atom. The lowest BCUT2D eigenvalue weighted by atomic mass is 9.72. The molecule has 0 amide bonds. The molecule has 1 rings (SSSR count). The summed E-state index contributed by atoms with van der Waals surface area (Å²) in [6.07, 6.45) is 7.17. The van der Waals surface area contributed by atoms with E-state index >= 15 is 0 Å². The van der Waals surface area contributed by atoms with E-state index in [1.54, 1.807) is 0 Å². The molecule has 1 fully saturated rings. The molecule has 90 valence electrons. The second kappa shape index (κ2) is 6.52. The quantitative estimate of drug-likeness (QED) is 0.728. The molecule has 1 aliphatic rings. The van der Waals surface area contributed by atoms with Crippen LogP contribution in [0.5, 0.6) is 0 Å². The molecular formula is C14H29N. The molecule has 0 aromatic rings. The van der Waals surface area contributed by atoms with Crippen LogP contribution in [-0.2, 0) is 0 Å². The first-order valence-electron chi connectivity index (χ1n) is 6.90. The molecule has 1 aliphatic carbocycles. The van der Waals surface area contributed by atoms with E-state index in [9.17, 15) is 0 Å². The van der Waals surface area contributed by atoms with Crippen LogP contribution in [0.2, 0.25) is 0 Å². The number of hydrogen-bond acceptors (Lipinski definition) is 1. The smallest absolute Gasteiger partial charge is 0.00104 e. The van der Waals surface area contributed by atoms with Gasteiger partial charge in [-0.05, 0) is 37.1 Å². The average Bonchev–Trinajstić information content (AvgIpc) is 2.25. The van der Waals surface area contributed by atoms with Crippen LogP contribution >= 0.6 is 0 Å². The summed E-state index contributed by atoms with van der Waals surface area (Å²) < 4.78 is 0. The lowest BCUT2D eigenvalue weighted by Crippen LogP contribution is -2.35. The summed E-state index contributed by atoms with van der Waals surface area (Å²) in [6, 6.07) is 0.645. The molecule has 0 aromatic heterocycles. The molecule has 0 aliphatic heterocycles. The van der Waals surface area contributed by atoms with Crippen molar-refractivity contribution in [1.82, 2.24) is 5.32 Å². The first-order chi connectivity index (χ1) is 7.17. The molecule has 0 aromatic carbocycles. The van der Waals surface area contributed by atoms with Gasteiger partial charge in [-0.15, -0.1) is 0 Å². The lowest BCUT2D eigenvalue weighted by Gasteiger charge is -2.36. The first kappa shape index (κ1) is 13.0. The normalized spacial score (nSPS) is 32.2. The molecule has 1 saturated carbocycles. The van der Waals surface area contributed by atoms with E-state index in [1.807, 2.05) is 0 Å². The maximum absolute atomic E-state index is 3.61. The van der Waals surface area contributed by atoms with E-state index in [1.165, 1.54) is 38.6 Å². The molecule has 3 atom stereocenters. The molecule has 15 heavy (non-hydrogen) atoms. The van der Waals surface area contributed by atoms with Crippen molar-refractivity contribution in [3.8, 4) is 0 Å². The first-order valence-corrected chi connectivity index (χ1v) is 6.90. The van der Waals surface area contributed by atoms with Gasteiger partial charge in [0.25, 0.3) is 0 Å².